The predicted octanol–water partition coefficient (Wildman–Crippen LogP) is 2.81. The minimum Gasteiger partial charge on any atom is -0.494 e. The molecule has 1 saturated carbocycles. The molecule has 1 amide bonds. The van der Waals surface area contributed by atoms with Crippen LogP contribution in [0.15, 0.2) is 53.4 Å². The molecule has 9 nitrogen and oxygen atoms in total. The lowest BCUT2D eigenvalue weighted by Crippen LogP contribution is -2.58. The molecular formula is C28H39ClN4O5S. The van der Waals surface area contributed by atoms with Gasteiger partial charge in [0.05, 0.1) is 11.5 Å². The third-order valence-electron chi connectivity index (χ3n) is 8.10. The van der Waals surface area contributed by atoms with Crippen molar-refractivity contribution in [2.45, 2.75) is 54.2 Å². The number of hydrogen-bond acceptors (Lipinski definition) is 8. The Kier molecular flexibility index (Phi) is 9.77. The Morgan fingerprint density at radius 3 is 2.38 bits per heavy atom. The minimum absolute atomic E-state index is 0. The van der Waals surface area contributed by atoms with Crippen molar-refractivity contribution >= 4 is 33.8 Å². The van der Waals surface area contributed by atoms with Crippen molar-refractivity contribution in [3.05, 3.63) is 54.1 Å². The van der Waals surface area contributed by atoms with Gasteiger partial charge in [0.15, 0.2) is 14.6 Å². The first-order valence-corrected chi connectivity index (χ1v) is 15.1. The number of carbonyl (C=O) groups is 1. The van der Waals surface area contributed by atoms with E-state index >= 15 is 0 Å². The van der Waals surface area contributed by atoms with Gasteiger partial charge < -0.3 is 19.9 Å². The zero-order valence-electron chi connectivity index (χ0n) is 22.2. The van der Waals surface area contributed by atoms with Crippen LogP contribution in [0.2, 0.25) is 0 Å². The molecule has 2 saturated heterocycles. The van der Waals surface area contributed by atoms with Crippen molar-refractivity contribution in [2.24, 2.45) is 0 Å². The van der Waals surface area contributed by atoms with Crippen LogP contribution >= 0.6 is 12.4 Å². The van der Waals surface area contributed by atoms with Crippen LogP contribution in [-0.4, -0.2) is 81.1 Å². The zero-order chi connectivity index (χ0) is 26.6. The molecule has 2 heterocycles. The summed E-state index contributed by atoms with van der Waals surface area (Å²) in [7, 11) is -4.02. The Balaban J connectivity index is 0.00000353. The molecule has 2 aliphatic heterocycles. The minimum atomic E-state index is -4.02. The molecule has 214 valence electrons. The third-order valence-corrected chi connectivity index (χ3v) is 10.6. The van der Waals surface area contributed by atoms with E-state index in [2.05, 4.69) is 39.4 Å². The van der Waals surface area contributed by atoms with Gasteiger partial charge in [0.2, 0.25) is 0 Å². The number of piperazine rings is 1. The van der Waals surface area contributed by atoms with E-state index in [9.17, 15) is 18.4 Å². The van der Waals surface area contributed by atoms with Gasteiger partial charge in [-0.15, -0.1) is 12.4 Å². The van der Waals surface area contributed by atoms with Crippen LogP contribution in [0.25, 0.3) is 0 Å². The van der Waals surface area contributed by atoms with E-state index < -0.39 is 20.5 Å². The highest BCUT2D eigenvalue weighted by molar-refractivity contribution is 7.93. The molecule has 1 aliphatic carbocycles. The molecule has 2 aromatic rings. The Morgan fingerprint density at radius 1 is 1.05 bits per heavy atom. The Bertz CT molecular complexity index is 1210. The number of nitrogens with one attached hydrogen (secondary N) is 2. The fraction of sp³-hybridized carbons (Fsp3) is 0.536. The number of hydroxylamine groups is 1. The van der Waals surface area contributed by atoms with Crippen molar-refractivity contribution in [1.82, 2.24) is 15.7 Å². The SMILES string of the molecule is Cl.O=C(NO)C1(S(=O)(=O)c2ccc(OCCCc3cccc(N4CCNCC4)c3)cc2)CCN(C2CC2)CC1. The van der Waals surface area contributed by atoms with Gasteiger partial charge in [-0.05, 0) is 80.5 Å². The van der Waals surface area contributed by atoms with Gasteiger partial charge >= 0.3 is 0 Å². The maximum absolute atomic E-state index is 13.6. The molecule has 0 aromatic heterocycles. The molecule has 5 rings (SSSR count). The third kappa shape index (κ3) is 6.52. The quantitative estimate of drug-likeness (QED) is 0.224. The van der Waals surface area contributed by atoms with E-state index in [1.165, 1.54) is 23.4 Å². The number of rotatable bonds is 10. The number of hydrogen-bond donors (Lipinski definition) is 3. The largest absolute Gasteiger partial charge is 0.494 e. The Labute approximate surface area is 237 Å². The number of amides is 1. The van der Waals surface area contributed by atoms with Crippen LogP contribution in [0, 0.1) is 0 Å². The van der Waals surface area contributed by atoms with Crippen LogP contribution in [0.5, 0.6) is 5.75 Å². The van der Waals surface area contributed by atoms with Crippen LogP contribution in [0.1, 0.15) is 37.7 Å². The summed E-state index contributed by atoms with van der Waals surface area (Å²) >= 11 is 0. The van der Waals surface area contributed by atoms with Crippen LogP contribution in [-0.2, 0) is 21.1 Å². The highest BCUT2D eigenvalue weighted by Gasteiger charge is 2.54. The summed E-state index contributed by atoms with van der Waals surface area (Å²) in [5.41, 5.74) is 4.15. The highest BCUT2D eigenvalue weighted by atomic mass is 35.5. The lowest BCUT2D eigenvalue weighted by atomic mass is 9.94. The summed E-state index contributed by atoms with van der Waals surface area (Å²) in [5, 5.41) is 12.8. The molecule has 2 aromatic carbocycles. The first-order valence-electron chi connectivity index (χ1n) is 13.6. The second kappa shape index (κ2) is 12.9. The van der Waals surface area contributed by atoms with Gasteiger partial charge in [0.25, 0.3) is 5.91 Å². The molecule has 0 atom stereocenters. The van der Waals surface area contributed by atoms with E-state index in [4.69, 9.17) is 4.74 Å². The molecule has 0 radical (unpaired) electrons. The fourth-order valence-electron chi connectivity index (χ4n) is 5.65. The highest BCUT2D eigenvalue weighted by Crippen LogP contribution is 2.39. The molecule has 3 aliphatic rings. The molecule has 39 heavy (non-hydrogen) atoms. The predicted molar refractivity (Wildman–Crippen MR) is 153 cm³/mol. The van der Waals surface area contributed by atoms with Gasteiger partial charge in [-0.25, -0.2) is 13.9 Å². The summed E-state index contributed by atoms with van der Waals surface area (Å²) in [4.78, 5) is 17.4. The van der Waals surface area contributed by atoms with Crippen molar-refractivity contribution in [1.29, 1.82) is 0 Å². The Hall–Kier alpha value is -2.37. The fourth-order valence-corrected chi connectivity index (χ4v) is 7.60. The smallest absolute Gasteiger partial charge is 0.265 e. The van der Waals surface area contributed by atoms with E-state index in [-0.39, 0.29) is 30.1 Å². The lowest BCUT2D eigenvalue weighted by Gasteiger charge is -2.39. The maximum atomic E-state index is 13.6. The number of likely N-dealkylation sites (tertiary alicyclic amines) is 1. The lowest BCUT2D eigenvalue weighted by molar-refractivity contribution is -0.133. The van der Waals surface area contributed by atoms with Crippen LogP contribution in [0.4, 0.5) is 5.69 Å². The summed E-state index contributed by atoms with van der Waals surface area (Å²) in [6.45, 7) is 5.61. The van der Waals surface area contributed by atoms with E-state index in [1.807, 2.05) is 0 Å². The van der Waals surface area contributed by atoms with Gasteiger partial charge in [-0.1, -0.05) is 12.1 Å². The first-order chi connectivity index (χ1) is 18.4. The number of benzene rings is 2. The first kappa shape index (κ1) is 29.6. The molecule has 3 fully saturated rings. The molecule has 11 heteroatoms. The number of nitrogens with zero attached hydrogens (tertiary/aromatic N) is 2. The Morgan fingerprint density at radius 2 is 1.74 bits per heavy atom. The average molecular weight is 579 g/mol. The number of halogens is 1. The summed E-state index contributed by atoms with van der Waals surface area (Å²) in [6.07, 6.45) is 4.29. The average Bonchev–Trinajstić information content (AvgIpc) is 3.81. The van der Waals surface area contributed by atoms with Crippen molar-refractivity contribution in [3.8, 4) is 5.75 Å². The molecule has 0 spiro atoms. The van der Waals surface area contributed by atoms with Crippen molar-refractivity contribution in [3.63, 3.8) is 0 Å². The standard InChI is InChI=1S/C28H38N4O5S.ClH/c33-27(30-34)28(12-16-31(17-13-28)23-6-7-23)38(35,36)26-10-8-25(9-11-26)37-20-2-4-22-3-1-5-24(21-22)32-18-14-29-15-19-32;/h1,3,5,8-11,21,23,29,34H,2,4,6-7,12-20H2,(H,30,33);1H. The molecule has 3 N–H and O–H groups in total. The number of aryl methyl sites for hydroxylation is 1. The topological polar surface area (TPSA) is 111 Å². The number of anilines is 1. The van der Waals surface area contributed by atoms with E-state index in [0.717, 1.165) is 51.9 Å². The van der Waals surface area contributed by atoms with Gasteiger partial charge in [0, 0.05) is 51.0 Å². The van der Waals surface area contributed by atoms with Crippen LogP contribution < -0.4 is 20.4 Å². The number of piperidine rings is 1. The maximum Gasteiger partial charge on any atom is 0.265 e. The van der Waals surface area contributed by atoms with Crippen LogP contribution in [0.3, 0.4) is 0 Å². The summed E-state index contributed by atoms with van der Waals surface area (Å²) in [5.74, 6) is -0.267. The number of sulfone groups is 1. The van der Waals surface area contributed by atoms with Gasteiger partial charge in [0.1, 0.15) is 5.75 Å². The zero-order valence-corrected chi connectivity index (χ0v) is 23.8. The van der Waals surface area contributed by atoms with Crippen molar-refractivity contribution in [2.75, 3.05) is 50.8 Å². The number of carbonyl (C=O) groups excluding carboxylic acids is 1. The molecule has 0 bridgehead atoms. The monoisotopic (exact) mass is 578 g/mol. The summed E-state index contributed by atoms with van der Waals surface area (Å²) < 4.78 is 31.5. The molecule has 0 unspecified atom stereocenters. The normalized spacial score (nSPS) is 19.7. The van der Waals surface area contributed by atoms with Crippen molar-refractivity contribution < 1.29 is 23.2 Å². The number of ether oxygens (including phenoxy) is 1. The summed E-state index contributed by atoms with van der Waals surface area (Å²) in [6, 6.07) is 15.4. The van der Waals surface area contributed by atoms with E-state index in [0.29, 0.717) is 31.5 Å². The van der Waals surface area contributed by atoms with Gasteiger partial charge in [-0.3, -0.25) is 10.0 Å². The van der Waals surface area contributed by atoms with Gasteiger partial charge in [-0.2, -0.15) is 0 Å². The second-order valence-electron chi connectivity index (χ2n) is 10.5. The van der Waals surface area contributed by atoms with E-state index in [1.54, 1.807) is 17.6 Å². The second-order valence-corrected chi connectivity index (χ2v) is 12.8. The molecular weight excluding hydrogens is 540 g/mol.